The molecule has 0 radical (unpaired) electrons. The lowest BCUT2D eigenvalue weighted by molar-refractivity contribution is 0.0667. The zero-order valence-corrected chi connectivity index (χ0v) is 9.87. The summed E-state index contributed by atoms with van der Waals surface area (Å²) >= 11 is 0. The van der Waals surface area contributed by atoms with Gasteiger partial charge in [0.05, 0.1) is 12.7 Å². The standard InChI is InChI=1S/C13H17N3O/c1-13(17,10-14)12-7-15-16(9-12)8-11-5-3-2-4-6-11/h2-7,9,17H,8,10,14H2,1H3. The van der Waals surface area contributed by atoms with E-state index in [4.69, 9.17) is 5.73 Å². The molecule has 1 atom stereocenters. The van der Waals surface area contributed by atoms with Gasteiger partial charge in [0.2, 0.25) is 0 Å². The van der Waals surface area contributed by atoms with E-state index >= 15 is 0 Å². The van der Waals surface area contributed by atoms with E-state index in [1.807, 2.05) is 36.5 Å². The van der Waals surface area contributed by atoms with Crippen LogP contribution in [-0.4, -0.2) is 21.4 Å². The molecular weight excluding hydrogens is 214 g/mol. The van der Waals surface area contributed by atoms with Gasteiger partial charge in [-0.05, 0) is 12.5 Å². The second-order valence-corrected chi connectivity index (χ2v) is 4.39. The van der Waals surface area contributed by atoms with Crippen molar-refractivity contribution in [2.45, 2.75) is 19.1 Å². The van der Waals surface area contributed by atoms with E-state index in [2.05, 4.69) is 5.10 Å². The molecule has 0 aliphatic heterocycles. The molecule has 0 spiro atoms. The molecule has 4 nitrogen and oxygen atoms in total. The molecule has 1 unspecified atom stereocenters. The second kappa shape index (κ2) is 4.69. The summed E-state index contributed by atoms with van der Waals surface area (Å²) in [6.07, 6.45) is 3.50. The molecule has 1 aromatic carbocycles. The van der Waals surface area contributed by atoms with Crippen molar-refractivity contribution in [3.63, 3.8) is 0 Å². The van der Waals surface area contributed by atoms with E-state index in [0.29, 0.717) is 6.54 Å². The molecule has 17 heavy (non-hydrogen) atoms. The van der Waals surface area contributed by atoms with E-state index in [1.54, 1.807) is 17.8 Å². The van der Waals surface area contributed by atoms with Crippen LogP contribution in [0.2, 0.25) is 0 Å². The van der Waals surface area contributed by atoms with E-state index in [9.17, 15) is 5.11 Å². The van der Waals surface area contributed by atoms with Crippen molar-refractivity contribution in [3.05, 3.63) is 53.9 Å². The fraction of sp³-hybridized carbons (Fsp3) is 0.308. The average Bonchev–Trinajstić information content (AvgIpc) is 2.80. The summed E-state index contributed by atoms with van der Waals surface area (Å²) in [6, 6.07) is 10.1. The fourth-order valence-corrected chi connectivity index (χ4v) is 1.62. The number of aliphatic hydroxyl groups is 1. The molecule has 0 aliphatic rings. The molecule has 0 saturated carbocycles. The number of nitrogens with two attached hydrogens (primary N) is 1. The first kappa shape index (κ1) is 11.8. The summed E-state index contributed by atoms with van der Waals surface area (Å²) in [5.41, 5.74) is 6.43. The maximum atomic E-state index is 10.00. The maximum absolute atomic E-state index is 10.00. The van der Waals surface area contributed by atoms with Crippen LogP contribution < -0.4 is 5.73 Å². The number of rotatable bonds is 4. The Morgan fingerprint density at radius 3 is 2.71 bits per heavy atom. The van der Waals surface area contributed by atoms with Crippen molar-refractivity contribution in [1.82, 2.24) is 9.78 Å². The van der Waals surface area contributed by atoms with Crippen molar-refractivity contribution in [2.24, 2.45) is 5.73 Å². The van der Waals surface area contributed by atoms with Crippen molar-refractivity contribution in [1.29, 1.82) is 0 Å². The number of hydrogen-bond donors (Lipinski definition) is 2. The smallest absolute Gasteiger partial charge is 0.102 e. The summed E-state index contributed by atoms with van der Waals surface area (Å²) in [7, 11) is 0. The Bertz CT molecular complexity index is 476. The molecule has 2 aromatic rings. The van der Waals surface area contributed by atoms with Gasteiger partial charge < -0.3 is 10.8 Å². The van der Waals surface area contributed by atoms with Crippen LogP contribution in [0.5, 0.6) is 0 Å². The third kappa shape index (κ3) is 2.72. The predicted molar refractivity (Wildman–Crippen MR) is 66.4 cm³/mol. The molecule has 2 rings (SSSR count). The summed E-state index contributed by atoms with van der Waals surface area (Å²) in [4.78, 5) is 0. The van der Waals surface area contributed by atoms with Gasteiger partial charge in [0.1, 0.15) is 5.60 Å². The van der Waals surface area contributed by atoms with Crippen LogP contribution >= 0.6 is 0 Å². The van der Waals surface area contributed by atoms with Crippen LogP contribution in [0, 0.1) is 0 Å². The Morgan fingerprint density at radius 2 is 2.06 bits per heavy atom. The highest BCUT2D eigenvalue weighted by Crippen LogP contribution is 2.18. The van der Waals surface area contributed by atoms with Crippen LogP contribution in [-0.2, 0) is 12.1 Å². The van der Waals surface area contributed by atoms with Gasteiger partial charge in [0.15, 0.2) is 0 Å². The van der Waals surface area contributed by atoms with Gasteiger partial charge in [-0.15, -0.1) is 0 Å². The molecule has 0 bridgehead atoms. The lowest BCUT2D eigenvalue weighted by Gasteiger charge is -2.18. The lowest BCUT2D eigenvalue weighted by atomic mass is 10.0. The van der Waals surface area contributed by atoms with Gasteiger partial charge in [0.25, 0.3) is 0 Å². The van der Waals surface area contributed by atoms with Gasteiger partial charge in [-0.1, -0.05) is 30.3 Å². The van der Waals surface area contributed by atoms with Gasteiger partial charge in [-0.2, -0.15) is 5.10 Å². The van der Waals surface area contributed by atoms with Crippen molar-refractivity contribution < 1.29 is 5.11 Å². The Balaban J connectivity index is 2.14. The highest BCUT2D eigenvalue weighted by atomic mass is 16.3. The van der Waals surface area contributed by atoms with Gasteiger partial charge >= 0.3 is 0 Å². The molecule has 0 fully saturated rings. The minimum atomic E-state index is -1.01. The third-order valence-electron chi connectivity index (χ3n) is 2.84. The molecule has 3 N–H and O–H groups in total. The van der Waals surface area contributed by atoms with Gasteiger partial charge in [-0.3, -0.25) is 4.68 Å². The zero-order chi connectivity index (χ0) is 12.3. The normalized spacial score (nSPS) is 14.5. The summed E-state index contributed by atoms with van der Waals surface area (Å²) < 4.78 is 1.80. The minimum Gasteiger partial charge on any atom is -0.384 e. The van der Waals surface area contributed by atoms with Crippen molar-refractivity contribution >= 4 is 0 Å². The zero-order valence-electron chi connectivity index (χ0n) is 9.87. The molecule has 1 aromatic heterocycles. The molecule has 0 saturated heterocycles. The SMILES string of the molecule is CC(O)(CN)c1cnn(Cc2ccccc2)c1. The highest BCUT2D eigenvalue weighted by Gasteiger charge is 2.22. The number of hydrogen-bond acceptors (Lipinski definition) is 3. The predicted octanol–water partition coefficient (Wildman–Crippen LogP) is 1.10. The Labute approximate surface area is 101 Å². The number of benzene rings is 1. The van der Waals surface area contributed by atoms with E-state index in [1.165, 1.54) is 5.56 Å². The maximum Gasteiger partial charge on any atom is 0.102 e. The van der Waals surface area contributed by atoms with Crippen molar-refractivity contribution in [2.75, 3.05) is 6.54 Å². The molecule has 90 valence electrons. The van der Waals surface area contributed by atoms with Crippen LogP contribution in [0.4, 0.5) is 0 Å². The summed E-state index contributed by atoms with van der Waals surface area (Å²) in [5.74, 6) is 0. The number of nitrogens with zero attached hydrogens (tertiary/aromatic N) is 2. The van der Waals surface area contributed by atoms with E-state index in [0.717, 1.165) is 5.56 Å². The monoisotopic (exact) mass is 231 g/mol. The van der Waals surface area contributed by atoms with Crippen LogP contribution in [0.15, 0.2) is 42.7 Å². The lowest BCUT2D eigenvalue weighted by Crippen LogP contribution is -2.30. The highest BCUT2D eigenvalue weighted by molar-refractivity contribution is 5.18. The Morgan fingerprint density at radius 1 is 1.35 bits per heavy atom. The largest absolute Gasteiger partial charge is 0.384 e. The summed E-state index contributed by atoms with van der Waals surface area (Å²) in [5, 5.41) is 14.2. The first-order chi connectivity index (χ1) is 8.12. The van der Waals surface area contributed by atoms with Gasteiger partial charge in [-0.25, -0.2) is 0 Å². The Kier molecular flexibility index (Phi) is 3.26. The first-order valence-electron chi connectivity index (χ1n) is 5.61. The topological polar surface area (TPSA) is 64.1 Å². The fourth-order valence-electron chi connectivity index (χ4n) is 1.62. The molecule has 0 amide bonds. The van der Waals surface area contributed by atoms with Crippen LogP contribution in [0.25, 0.3) is 0 Å². The summed E-state index contributed by atoms with van der Waals surface area (Å²) in [6.45, 7) is 2.57. The second-order valence-electron chi connectivity index (χ2n) is 4.39. The third-order valence-corrected chi connectivity index (χ3v) is 2.84. The Hall–Kier alpha value is -1.65. The van der Waals surface area contributed by atoms with Crippen LogP contribution in [0.1, 0.15) is 18.1 Å². The van der Waals surface area contributed by atoms with Crippen molar-refractivity contribution in [3.8, 4) is 0 Å². The van der Waals surface area contributed by atoms with Crippen LogP contribution in [0.3, 0.4) is 0 Å². The first-order valence-corrected chi connectivity index (χ1v) is 5.61. The quantitative estimate of drug-likeness (QED) is 0.828. The van der Waals surface area contributed by atoms with Gasteiger partial charge in [0, 0.05) is 18.3 Å². The molecule has 0 aliphatic carbocycles. The van der Waals surface area contributed by atoms with E-state index in [-0.39, 0.29) is 6.54 Å². The van der Waals surface area contributed by atoms with E-state index < -0.39 is 5.60 Å². The number of aromatic nitrogens is 2. The molecular formula is C13H17N3O. The molecule has 4 heteroatoms. The minimum absolute atomic E-state index is 0.185. The average molecular weight is 231 g/mol. The molecule has 1 heterocycles.